The maximum absolute atomic E-state index is 13.2. The normalized spacial score (nSPS) is 19.2. The average Bonchev–Trinajstić information content (AvgIpc) is 2.80. The molecule has 0 bridgehead atoms. The van der Waals surface area contributed by atoms with E-state index in [4.69, 9.17) is 0 Å². The van der Waals surface area contributed by atoms with Gasteiger partial charge in [0.05, 0.1) is 16.7 Å². The van der Waals surface area contributed by atoms with Gasteiger partial charge in [0.2, 0.25) is 0 Å². The van der Waals surface area contributed by atoms with Crippen molar-refractivity contribution in [1.82, 2.24) is 10.2 Å². The lowest BCUT2D eigenvalue weighted by Gasteiger charge is -2.40. The highest BCUT2D eigenvalue weighted by Crippen LogP contribution is 2.39. The summed E-state index contributed by atoms with van der Waals surface area (Å²) in [4.78, 5) is 15.0. The Kier molecular flexibility index (Phi) is 7.54. The van der Waals surface area contributed by atoms with Crippen LogP contribution < -0.4 is 10.2 Å². The van der Waals surface area contributed by atoms with E-state index in [9.17, 15) is 44.3 Å². The van der Waals surface area contributed by atoms with E-state index < -0.39 is 58.9 Å². The number of carbonyl (C=O) groups excluding carboxylic acids is 1. The van der Waals surface area contributed by atoms with Gasteiger partial charge in [-0.05, 0) is 48.9 Å². The fourth-order valence-corrected chi connectivity index (χ4v) is 4.19. The number of likely N-dealkylation sites (N-methyl/N-ethyl adjacent to an activating group) is 1. The third-order valence-electron chi connectivity index (χ3n) is 6.16. The van der Waals surface area contributed by atoms with Crippen LogP contribution in [-0.2, 0) is 18.5 Å². The first kappa shape index (κ1) is 27.6. The number of benzene rings is 2. The highest BCUT2D eigenvalue weighted by molar-refractivity contribution is 5.91. The van der Waals surface area contributed by atoms with Gasteiger partial charge in [-0.15, -0.1) is 0 Å². The minimum atomic E-state index is -5.07. The van der Waals surface area contributed by atoms with E-state index in [-0.39, 0.29) is 6.07 Å². The summed E-state index contributed by atoms with van der Waals surface area (Å²) in [6.07, 6.45) is -14.3. The predicted octanol–water partition coefficient (Wildman–Crippen LogP) is 6.38. The van der Waals surface area contributed by atoms with E-state index in [0.29, 0.717) is 42.1 Å². The largest absolute Gasteiger partial charge is 0.416 e. The van der Waals surface area contributed by atoms with Crippen LogP contribution in [0.5, 0.6) is 0 Å². The van der Waals surface area contributed by atoms with Crippen LogP contribution in [0.15, 0.2) is 42.5 Å². The molecule has 2 amide bonds. The summed E-state index contributed by atoms with van der Waals surface area (Å²) < 4.78 is 118. The number of halogens is 9. The van der Waals surface area contributed by atoms with Crippen LogP contribution in [0.4, 0.5) is 50.0 Å². The number of hydrogen-bond acceptors (Lipinski definition) is 2. The average molecular weight is 527 g/mol. The SMILES string of the molecule is CN(C(=O)N(C)[C@@H]1CCNC[C@H]1c1ccc(C(F)(F)F)cc1)c1cc(C(F)(F)F)cc(C(F)(F)F)c1. The number of anilines is 1. The number of hydrogen-bond donors (Lipinski definition) is 1. The molecule has 2 atom stereocenters. The van der Waals surface area contributed by atoms with Gasteiger partial charge in [-0.25, -0.2) is 4.79 Å². The molecule has 1 N–H and O–H groups in total. The molecule has 0 aliphatic carbocycles. The predicted molar refractivity (Wildman–Crippen MR) is 113 cm³/mol. The van der Waals surface area contributed by atoms with Gasteiger partial charge in [0.25, 0.3) is 0 Å². The number of nitrogens with one attached hydrogen (secondary N) is 1. The quantitative estimate of drug-likeness (QED) is 0.471. The zero-order valence-corrected chi connectivity index (χ0v) is 19.0. The van der Waals surface area contributed by atoms with Crippen molar-refractivity contribution in [2.24, 2.45) is 0 Å². The Morgan fingerprint density at radius 3 is 1.78 bits per heavy atom. The van der Waals surface area contributed by atoms with Crippen molar-refractivity contribution in [1.29, 1.82) is 0 Å². The van der Waals surface area contributed by atoms with E-state index >= 15 is 0 Å². The van der Waals surface area contributed by atoms with Crippen molar-refractivity contribution >= 4 is 11.7 Å². The first-order valence-electron chi connectivity index (χ1n) is 10.7. The van der Waals surface area contributed by atoms with E-state index in [1.807, 2.05) is 0 Å². The molecule has 0 aromatic heterocycles. The molecule has 0 saturated carbocycles. The number of carbonyl (C=O) groups is 1. The molecular formula is C23H22F9N3O. The van der Waals surface area contributed by atoms with Gasteiger partial charge in [0.15, 0.2) is 0 Å². The standard InChI is InChI=1S/C23H22F9N3O/c1-34(17-10-15(22(27,28)29)9-16(11-17)23(30,31)32)20(36)35(2)19-7-8-33-12-18(19)13-3-5-14(6-4-13)21(24,25)26/h3-6,9-11,18-19,33H,7-8,12H2,1-2H3/t18-,19+/m0/s1. The van der Waals surface area contributed by atoms with Crippen molar-refractivity contribution in [2.75, 3.05) is 32.1 Å². The second kappa shape index (κ2) is 9.83. The summed E-state index contributed by atoms with van der Waals surface area (Å²) in [5.74, 6) is -0.462. The molecule has 2 aromatic carbocycles. The van der Waals surface area contributed by atoms with Gasteiger partial charge < -0.3 is 10.2 Å². The van der Waals surface area contributed by atoms with E-state index in [0.717, 1.165) is 19.2 Å². The number of amides is 2. The van der Waals surface area contributed by atoms with Crippen LogP contribution in [0.1, 0.15) is 34.6 Å². The lowest BCUT2D eigenvalue weighted by atomic mass is 9.85. The molecule has 2 aromatic rings. The zero-order valence-electron chi connectivity index (χ0n) is 19.0. The van der Waals surface area contributed by atoms with Crippen LogP contribution in [-0.4, -0.2) is 44.2 Å². The molecule has 1 heterocycles. The minimum absolute atomic E-state index is 0.0288. The van der Waals surface area contributed by atoms with Crippen molar-refractivity contribution in [3.05, 3.63) is 64.7 Å². The summed E-state index contributed by atoms with van der Waals surface area (Å²) in [7, 11) is 2.41. The van der Waals surface area contributed by atoms with Gasteiger partial charge in [-0.2, -0.15) is 39.5 Å². The summed E-state index contributed by atoms with van der Waals surface area (Å²) in [5.41, 5.74) is -4.06. The fourth-order valence-electron chi connectivity index (χ4n) is 4.19. The van der Waals surface area contributed by atoms with E-state index in [1.165, 1.54) is 24.1 Å². The first-order valence-corrected chi connectivity index (χ1v) is 10.7. The smallest absolute Gasteiger partial charge is 0.324 e. The Bertz CT molecular complexity index is 1050. The van der Waals surface area contributed by atoms with Gasteiger partial charge >= 0.3 is 24.6 Å². The Balaban J connectivity index is 1.90. The first-order chi connectivity index (χ1) is 16.5. The molecule has 3 rings (SSSR count). The molecule has 1 aliphatic heterocycles. The third-order valence-corrected chi connectivity index (χ3v) is 6.16. The van der Waals surface area contributed by atoms with Gasteiger partial charge in [0, 0.05) is 38.3 Å². The topological polar surface area (TPSA) is 35.6 Å². The molecule has 4 nitrogen and oxygen atoms in total. The summed E-state index contributed by atoms with van der Waals surface area (Å²) in [6, 6.07) is 3.84. The van der Waals surface area contributed by atoms with Crippen molar-refractivity contribution in [3.63, 3.8) is 0 Å². The van der Waals surface area contributed by atoms with E-state index in [1.54, 1.807) is 0 Å². The Morgan fingerprint density at radius 1 is 0.806 bits per heavy atom. The van der Waals surface area contributed by atoms with E-state index in [2.05, 4.69) is 5.32 Å². The van der Waals surface area contributed by atoms with Crippen molar-refractivity contribution in [2.45, 2.75) is 36.9 Å². The maximum atomic E-state index is 13.2. The summed E-state index contributed by atoms with van der Waals surface area (Å²) in [6.45, 7) is 0.754. The van der Waals surface area contributed by atoms with Crippen LogP contribution in [0, 0.1) is 0 Å². The molecular weight excluding hydrogens is 505 g/mol. The Labute approximate surface area is 200 Å². The summed E-state index contributed by atoms with van der Waals surface area (Å²) >= 11 is 0. The minimum Gasteiger partial charge on any atom is -0.324 e. The summed E-state index contributed by atoms with van der Waals surface area (Å²) in [5, 5.41) is 3.09. The molecule has 1 fully saturated rings. The van der Waals surface area contributed by atoms with Crippen molar-refractivity contribution < 1.29 is 44.3 Å². The molecule has 0 radical (unpaired) electrons. The highest BCUT2D eigenvalue weighted by atomic mass is 19.4. The lowest BCUT2D eigenvalue weighted by molar-refractivity contribution is -0.143. The highest BCUT2D eigenvalue weighted by Gasteiger charge is 2.39. The number of nitrogens with zero attached hydrogens (tertiary/aromatic N) is 2. The molecule has 0 unspecified atom stereocenters. The monoisotopic (exact) mass is 527 g/mol. The zero-order chi connectivity index (χ0) is 27.1. The maximum Gasteiger partial charge on any atom is 0.416 e. The number of urea groups is 1. The molecule has 1 saturated heterocycles. The second-order valence-corrected chi connectivity index (χ2v) is 8.50. The lowest BCUT2D eigenvalue weighted by Crippen LogP contribution is -2.52. The number of rotatable bonds is 3. The number of alkyl halides is 9. The van der Waals surface area contributed by atoms with Gasteiger partial charge in [-0.1, -0.05) is 12.1 Å². The van der Waals surface area contributed by atoms with Crippen LogP contribution in [0.2, 0.25) is 0 Å². The Hall–Kier alpha value is -2.96. The second-order valence-electron chi connectivity index (χ2n) is 8.50. The Morgan fingerprint density at radius 2 is 1.31 bits per heavy atom. The molecule has 36 heavy (non-hydrogen) atoms. The molecule has 0 spiro atoms. The van der Waals surface area contributed by atoms with Gasteiger partial charge in [-0.3, -0.25) is 4.90 Å². The van der Waals surface area contributed by atoms with Gasteiger partial charge in [0.1, 0.15) is 0 Å². The van der Waals surface area contributed by atoms with Crippen LogP contribution >= 0.6 is 0 Å². The number of piperidine rings is 1. The van der Waals surface area contributed by atoms with Crippen LogP contribution in [0.25, 0.3) is 0 Å². The van der Waals surface area contributed by atoms with Crippen molar-refractivity contribution in [3.8, 4) is 0 Å². The third kappa shape index (κ3) is 6.05. The molecule has 198 valence electrons. The molecule has 13 heteroatoms. The molecule has 1 aliphatic rings. The fraction of sp³-hybridized carbons (Fsp3) is 0.435. The van der Waals surface area contributed by atoms with Crippen LogP contribution in [0.3, 0.4) is 0 Å².